The summed E-state index contributed by atoms with van der Waals surface area (Å²) in [6.07, 6.45) is 0. The Morgan fingerprint density at radius 2 is 2.00 bits per heavy atom. The van der Waals surface area contributed by atoms with Crippen molar-refractivity contribution in [1.29, 1.82) is 0 Å². The number of aromatic nitrogens is 4. The summed E-state index contributed by atoms with van der Waals surface area (Å²) in [5.74, 6) is 0. The molecule has 5 heteroatoms. The monoisotopic (exact) mass is 204 g/mol. The lowest BCUT2D eigenvalue weighted by atomic mass is 10.2. The molecule has 1 N–H and O–H groups in total. The largest absolute Gasteiger partial charge is 0.338 e. The molecular weight excluding hydrogens is 200 g/mol. The first-order valence-corrected chi connectivity index (χ1v) is 4.49. The van der Waals surface area contributed by atoms with Crippen molar-refractivity contribution in [3.8, 4) is 0 Å². The topological polar surface area (TPSA) is 54.5 Å². The van der Waals surface area contributed by atoms with Crippen LogP contribution in [0.25, 0.3) is 22.1 Å². The summed E-state index contributed by atoms with van der Waals surface area (Å²) in [7, 11) is 0. The third-order valence-electron chi connectivity index (χ3n) is 2.10. The molecular formula is C9H5ClN4. The smallest absolute Gasteiger partial charge is 0.244 e. The van der Waals surface area contributed by atoms with Crippen molar-refractivity contribution in [2.45, 2.75) is 0 Å². The van der Waals surface area contributed by atoms with Crippen LogP contribution in [0.2, 0.25) is 5.28 Å². The molecule has 1 aromatic carbocycles. The molecule has 2 heterocycles. The lowest BCUT2D eigenvalue weighted by Gasteiger charge is -1.87. The molecule has 0 bridgehead atoms. The van der Waals surface area contributed by atoms with Gasteiger partial charge in [0.05, 0.1) is 0 Å². The van der Waals surface area contributed by atoms with Gasteiger partial charge in [-0.15, -0.1) is 10.2 Å². The number of fused-ring (bicyclic) bond motifs is 3. The van der Waals surface area contributed by atoms with Crippen molar-refractivity contribution in [1.82, 2.24) is 20.2 Å². The van der Waals surface area contributed by atoms with Gasteiger partial charge >= 0.3 is 0 Å². The molecule has 0 radical (unpaired) electrons. The van der Waals surface area contributed by atoms with Crippen molar-refractivity contribution in [2.75, 3.05) is 0 Å². The van der Waals surface area contributed by atoms with E-state index in [2.05, 4.69) is 20.2 Å². The van der Waals surface area contributed by atoms with E-state index in [1.165, 1.54) is 0 Å². The van der Waals surface area contributed by atoms with Gasteiger partial charge in [0.25, 0.3) is 0 Å². The second kappa shape index (κ2) is 2.65. The van der Waals surface area contributed by atoms with Crippen molar-refractivity contribution in [2.24, 2.45) is 0 Å². The predicted molar refractivity (Wildman–Crippen MR) is 54.2 cm³/mol. The molecule has 0 atom stereocenters. The molecule has 0 saturated carbocycles. The fourth-order valence-electron chi connectivity index (χ4n) is 1.50. The van der Waals surface area contributed by atoms with Crippen molar-refractivity contribution in [3.05, 3.63) is 29.5 Å². The van der Waals surface area contributed by atoms with Crippen LogP contribution < -0.4 is 0 Å². The van der Waals surface area contributed by atoms with Crippen LogP contribution in [0, 0.1) is 0 Å². The van der Waals surface area contributed by atoms with Crippen molar-refractivity contribution in [3.63, 3.8) is 0 Å². The van der Waals surface area contributed by atoms with E-state index in [0.29, 0.717) is 5.65 Å². The number of hydrogen-bond acceptors (Lipinski definition) is 3. The number of hydrogen-bond donors (Lipinski definition) is 1. The molecule has 0 amide bonds. The second-order valence-corrected chi connectivity index (χ2v) is 3.29. The zero-order valence-electron chi connectivity index (χ0n) is 7.03. The number of nitrogens with one attached hydrogen (secondary N) is 1. The Morgan fingerprint density at radius 1 is 1.14 bits per heavy atom. The number of H-pyrrole nitrogens is 1. The highest BCUT2D eigenvalue weighted by Crippen LogP contribution is 2.21. The average molecular weight is 205 g/mol. The highest BCUT2D eigenvalue weighted by atomic mass is 35.5. The van der Waals surface area contributed by atoms with Gasteiger partial charge in [-0.25, -0.2) is 0 Å². The Hall–Kier alpha value is -1.68. The molecule has 14 heavy (non-hydrogen) atoms. The second-order valence-electron chi connectivity index (χ2n) is 2.95. The van der Waals surface area contributed by atoms with E-state index < -0.39 is 0 Å². The van der Waals surface area contributed by atoms with E-state index in [4.69, 9.17) is 11.6 Å². The van der Waals surface area contributed by atoms with Gasteiger partial charge in [-0.2, -0.15) is 4.98 Å². The summed E-state index contributed by atoms with van der Waals surface area (Å²) in [5, 5.41) is 8.88. The van der Waals surface area contributed by atoms with Gasteiger partial charge < -0.3 is 4.98 Å². The molecule has 0 spiro atoms. The first-order chi connectivity index (χ1) is 6.84. The van der Waals surface area contributed by atoms with Crippen LogP contribution in [0.1, 0.15) is 0 Å². The number of aromatic amines is 1. The van der Waals surface area contributed by atoms with Crippen LogP contribution in [-0.2, 0) is 0 Å². The molecule has 0 aliphatic carbocycles. The summed E-state index contributed by atoms with van der Waals surface area (Å²) in [4.78, 5) is 7.17. The average Bonchev–Trinajstić information content (AvgIpc) is 2.54. The summed E-state index contributed by atoms with van der Waals surface area (Å²) in [6.45, 7) is 0. The van der Waals surface area contributed by atoms with Gasteiger partial charge in [-0.1, -0.05) is 18.2 Å². The zero-order chi connectivity index (χ0) is 9.54. The Labute approximate surface area is 83.9 Å². The quantitative estimate of drug-likeness (QED) is 0.611. The minimum Gasteiger partial charge on any atom is -0.338 e. The summed E-state index contributed by atoms with van der Waals surface area (Å²) in [5.41, 5.74) is 2.42. The van der Waals surface area contributed by atoms with Crippen LogP contribution in [-0.4, -0.2) is 20.2 Å². The van der Waals surface area contributed by atoms with Gasteiger partial charge in [-0.3, -0.25) is 0 Å². The molecule has 3 rings (SSSR count). The highest BCUT2D eigenvalue weighted by molar-refractivity contribution is 6.28. The van der Waals surface area contributed by atoms with Gasteiger partial charge in [0.2, 0.25) is 5.28 Å². The van der Waals surface area contributed by atoms with Crippen LogP contribution in [0.15, 0.2) is 24.3 Å². The van der Waals surface area contributed by atoms with E-state index >= 15 is 0 Å². The van der Waals surface area contributed by atoms with Gasteiger partial charge in [-0.05, 0) is 17.7 Å². The maximum absolute atomic E-state index is 5.64. The third kappa shape index (κ3) is 0.975. The molecule has 0 aliphatic heterocycles. The lowest BCUT2D eigenvalue weighted by Crippen LogP contribution is -1.86. The van der Waals surface area contributed by atoms with Crippen LogP contribution in [0.4, 0.5) is 0 Å². The van der Waals surface area contributed by atoms with E-state index in [-0.39, 0.29) is 5.28 Å². The molecule has 0 aliphatic rings. The third-order valence-corrected chi connectivity index (χ3v) is 2.26. The van der Waals surface area contributed by atoms with E-state index in [0.717, 1.165) is 16.4 Å². The number of rotatable bonds is 0. The Bertz CT molecular complexity index is 616. The summed E-state index contributed by atoms with van der Waals surface area (Å²) < 4.78 is 0. The predicted octanol–water partition coefficient (Wildman–Crippen LogP) is 2.16. The van der Waals surface area contributed by atoms with Crippen LogP contribution >= 0.6 is 11.6 Å². The van der Waals surface area contributed by atoms with Gasteiger partial charge in [0.1, 0.15) is 5.52 Å². The summed E-state index contributed by atoms with van der Waals surface area (Å²) >= 11 is 5.64. The zero-order valence-corrected chi connectivity index (χ0v) is 7.78. The first kappa shape index (κ1) is 7.70. The van der Waals surface area contributed by atoms with Crippen LogP contribution in [0.5, 0.6) is 0 Å². The maximum Gasteiger partial charge on any atom is 0.244 e. The number of benzene rings is 1. The number of para-hydroxylation sites is 1. The van der Waals surface area contributed by atoms with E-state index in [9.17, 15) is 0 Å². The minimum absolute atomic E-state index is 0.157. The molecule has 0 saturated heterocycles. The Balaban J connectivity index is 2.57. The lowest BCUT2D eigenvalue weighted by molar-refractivity contribution is 1.02. The van der Waals surface area contributed by atoms with Gasteiger partial charge in [0.15, 0.2) is 5.65 Å². The molecule has 0 unspecified atom stereocenters. The molecule has 68 valence electrons. The number of halogens is 1. The number of nitrogens with zero attached hydrogens (tertiary/aromatic N) is 3. The summed E-state index contributed by atoms with van der Waals surface area (Å²) in [6, 6.07) is 7.84. The molecule has 0 fully saturated rings. The van der Waals surface area contributed by atoms with Crippen LogP contribution in [0.3, 0.4) is 0 Å². The SMILES string of the molecule is Clc1nnc2c(n1)[nH]c1ccccc12. The first-order valence-electron chi connectivity index (χ1n) is 4.11. The molecule has 3 aromatic rings. The van der Waals surface area contributed by atoms with Gasteiger partial charge in [0, 0.05) is 10.9 Å². The Morgan fingerprint density at radius 3 is 2.93 bits per heavy atom. The normalized spacial score (nSPS) is 11.2. The fraction of sp³-hybridized carbons (Fsp3) is 0. The standard InChI is InChI=1S/C9H5ClN4/c10-9-12-8-7(13-14-9)5-3-1-2-4-6(5)11-8/h1-4H,(H,11,12,14). The fourth-order valence-corrected chi connectivity index (χ4v) is 1.62. The molecule has 2 aromatic heterocycles. The van der Waals surface area contributed by atoms with Crippen molar-refractivity contribution >= 4 is 33.7 Å². The van der Waals surface area contributed by atoms with Crippen molar-refractivity contribution < 1.29 is 0 Å². The maximum atomic E-state index is 5.64. The van der Waals surface area contributed by atoms with E-state index in [1.54, 1.807) is 0 Å². The Kier molecular flexibility index (Phi) is 1.46. The highest BCUT2D eigenvalue weighted by Gasteiger charge is 2.06. The van der Waals surface area contributed by atoms with E-state index in [1.807, 2.05) is 24.3 Å². The molecule has 4 nitrogen and oxygen atoms in total. The minimum atomic E-state index is 0.157.